The number of anilines is 1. The number of rotatable bonds is 8. The van der Waals surface area contributed by atoms with Crippen molar-refractivity contribution in [2.45, 2.75) is 57.9 Å². The van der Waals surface area contributed by atoms with Crippen molar-refractivity contribution in [3.05, 3.63) is 72.3 Å². The minimum atomic E-state index is 0.301. The lowest BCUT2D eigenvalue weighted by Gasteiger charge is -2.36. The Morgan fingerprint density at radius 2 is 1.65 bits per heavy atom. The normalized spacial score (nSPS) is 15.5. The van der Waals surface area contributed by atoms with Crippen LogP contribution in [0.5, 0.6) is 0 Å². The fraction of sp³-hybridized carbons (Fsp3) is 0.357. The second-order valence-electron chi connectivity index (χ2n) is 8.70. The van der Waals surface area contributed by atoms with Gasteiger partial charge in [0.15, 0.2) is 0 Å². The van der Waals surface area contributed by atoms with E-state index < -0.39 is 0 Å². The molecule has 3 nitrogen and oxygen atoms in total. The molecule has 0 bridgehead atoms. The third-order valence-electron chi connectivity index (χ3n) is 6.41. The van der Waals surface area contributed by atoms with E-state index in [9.17, 15) is 4.79 Å². The van der Waals surface area contributed by atoms with Gasteiger partial charge in [0.2, 0.25) is 0 Å². The molecule has 0 radical (unpaired) electrons. The Balaban J connectivity index is 1.61. The van der Waals surface area contributed by atoms with Crippen LogP contribution in [0.1, 0.15) is 51.0 Å². The fourth-order valence-electron chi connectivity index (χ4n) is 4.65. The summed E-state index contributed by atoms with van der Waals surface area (Å²) in [5.41, 5.74) is 5.98. The highest BCUT2D eigenvalue weighted by Crippen LogP contribution is 2.38. The minimum absolute atomic E-state index is 0.301. The molecule has 0 saturated heterocycles. The maximum Gasteiger partial charge on any atom is 0.132 e. The summed E-state index contributed by atoms with van der Waals surface area (Å²) in [6.07, 6.45) is 7.43. The molecule has 160 valence electrons. The molecule has 4 rings (SSSR count). The highest BCUT2D eigenvalue weighted by molar-refractivity contribution is 5.83. The van der Waals surface area contributed by atoms with Gasteiger partial charge in [-0.2, -0.15) is 0 Å². The van der Waals surface area contributed by atoms with Gasteiger partial charge in [-0.1, -0.05) is 73.5 Å². The Labute approximate surface area is 186 Å². The Kier molecular flexibility index (Phi) is 6.81. The Hall–Kier alpha value is -2.94. The molecular weight excluding hydrogens is 380 g/mol. The number of pyridine rings is 1. The zero-order chi connectivity index (χ0) is 21.6. The highest BCUT2D eigenvalue weighted by Gasteiger charge is 2.26. The Morgan fingerprint density at radius 1 is 0.968 bits per heavy atom. The number of hydrogen-bond donors (Lipinski definition) is 0. The van der Waals surface area contributed by atoms with Crippen LogP contribution in [-0.2, 0) is 11.2 Å². The van der Waals surface area contributed by atoms with E-state index >= 15 is 0 Å². The van der Waals surface area contributed by atoms with Crippen molar-refractivity contribution in [2.75, 3.05) is 11.9 Å². The van der Waals surface area contributed by atoms with Crippen molar-refractivity contribution in [3.63, 3.8) is 0 Å². The molecule has 3 aromatic rings. The van der Waals surface area contributed by atoms with E-state index in [0.29, 0.717) is 18.2 Å². The standard InChI is InChI=1S/C28H32N2O/c1-21(31)12-6-3-11-17-25-19-18-24-20-26(22-13-7-4-8-14-22)27(29-28(24)30(25)2)23-15-9-5-10-16-23/h4-5,7-10,13-16,20,25H,3,6,11-12,17-19H2,1-2H3. The molecular formula is C28H32N2O. The van der Waals surface area contributed by atoms with E-state index in [1.54, 1.807) is 6.92 Å². The minimum Gasteiger partial charge on any atom is -0.356 e. The summed E-state index contributed by atoms with van der Waals surface area (Å²) in [6, 6.07) is 24.0. The summed E-state index contributed by atoms with van der Waals surface area (Å²) in [7, 11) is 2.20. The highest BCUT2D eigenvalue weighted by atomic mass is 16.1. The summed E-state index contributed by atoms with van der Waals surface area (Å²) >= 11 is 0. The zero-order valence-corrected chi connectivity index (χ0v) is 18.7. The lowest BCUT2D eigenvalue weighted by atomic mass is 9.91. The summed E-state index contributed by atoms with van der Waals surface area (Å²) in [5, 5.41) is 0. The second kappa shape index (κ2) is 9.91. The number of aromatic nitrogens is 1. The van der Waals surface area contributed by atoms with Gasteiger partial charge in [-0.3, -0.25) is 0 Å². The molecule has 0 saturated carbocycles. The van der Waals surface area contributed by atoms with E-state index in [2.05, 4.69) is 78.7 Å². The van der Waals surface area contributed by atoms with Crippen LogP contribution in [0.2, 0.25) is 0 Å². The van der Waals surface area contributed by atoms with E-state index in [4.69, 9.17) is 4.98 Å². The SMILES string of the molecule is CC(=O)CCCCCC1CCc2cc(-c3ccccc3)c(-c3ccccc3)nc2N1C. The van der Waals surface area contributed by atoms with Gasteiger partial charge in [0, 0.05) is 30.6 Å². The molecule has 2 heterocycles. The number of benzene rings is 2. The third kappa shape index (κ3) is 5.04. The first-order chi connectivity index (χ1) is 15.1. The van der Waals surface area contributed by atoms with Crippen LogP contribution in [0.4, 0.5) is 5.82 Å². The van der Waals surface area contributed by atoms with Crippen molar-refractivity contribution >= 4 is 11.6 Å². The van der Waals surface area contributed by atoms with Crippen LogP contribution >= 0.6 is 0 Å². The van der Waals surface area contributed by atoms with Gasteiger partial charge >= 0.3 is 0 Å². The zero-order valence-electron chi connectivity index (χ0n) is 18.7. The molecule has 1 unspecified atom stereocenters. The van der Waals surface area contributed by atoms with Gasteiger partial charge in [0.1, 0.15) is 11.6 Å². The molecule has 0 fully saturated rings. The van der Waals surface area contributed by atoms with Crippen LogP contribution in [0.3, 0.4) is 0 Å². The van der Waals surface area contributed by atoms with Gasteiger partial charge in [-0.25, -0.2) is 4.98 Å². The van der Waals surface area contributed by atoms with E-state index in [1.165, 1.54) is 23.1 Å². The predicted molar refractivity (Wildman–Crippen MR) is 129 cm³/mol. The molecule has 2 aromatic carbocycles. The number of unbranched alkanes of at least 4 members (excludes halogenated alkanes) is 2. The number of Topliss-reactive ketones (excluding diaryl/α,β-unsaturated/α-hetero) is 1. The fourth-order valence-corrected chi connectivity index (χ4v) is 4.65. The predicted octanol–water partition coefficient (Wildman–Crippen LogP) is 6.71. The molecule has 1 atom stereocenters. The summed E-state index contributed by atoms with van der Waals surface area (Å²) in [6.45, 7) is 1.69. The van der Waals surface area contributed by atoms with E-state index in [-0.39, 0.29) is 0 Å². The maximum absolute atomic E-state index is 11.2. The molecule has 0 N–H and O–H groups in total. The molecule has 0 aliphatic carbocycles. The second-order valence-corrected chi connectivity index (χ2v) is 8.70. The number of carbonyl (C=O) groups excluding carboxylic acids is 1. The number of aryl methyl sites for hydroxylation is 1. The number of ketones is 1. The molecule has 1 aromatic heterocycles. The average molecular weight is 413 g/mol. The lowest BCUT2D eigenvalue weighted by molar-refractivity contribution is -0.117. The summed E-state index contributed by atoms with van der Waals surface area (Å²) in [5.74, 6) is 1.43. The van der Waals surface area contributed by atoms with Crippen molar-refractivity contribution in [3.8, 4) is 22.4 Å². The van der Waals surface area contributed by atoms with Crippen LogP contribution in [0.15, 0.2) is 66.7 Å². The first-order valence-corrected chi connectivity index (χ1v) is 11.5. The van der Waals surface area contributed by atoms with Gasteiger partial charge in [-0.15, -0.1) is 0 Å². The number of fused-ring (bicyclic) bond motifs is 1. The molecule has 1 aliphatic heterocycles. The average Bonchev–Trinajstić information content (AvgIpc) is 2.80. The summed E-state index contributed by atoms with van der Waals surface area (Å²) < 4.78 is 0. The number of nitrogens with zero attached hydrogens (tertiary/aromatic N) is 2. The van der Waals surface area contributed by atoms with Gasteiger partial charge in [0.25, 0.3) is 0 Å². The first-order valence-electron chi connectivity index (χ1n) is 11.5. The Bertz CT molecular complexity index is 1010. The smallest absolute Gasteiger partial charge is 0.132 e. The monoisotopic (exact) mass is 412 g/mol. The van der Waals surface area contributed by atoms with Crippen LogP contribution in [-0.4, -0.2) is 23.9 Å². The maximum atomic E-state index is 11.2. The molecule has 3 heteroatoms. The quantitative estimate of drug-likeness (QED) is 0.386. The van der Waals surface area contributed by atoms with E-state index in [0.717, 1.165) is 49.2 Å². The Morgan fingerprint density at radius 3 is 2.32 bits per heavy atom. The van der Waals surface area contributed by atoms with Crippen LogP contribution < -0.4 is 4.90 Å². The third-order valence-corrected chi connectivity index (χ3v) is 6.41. The van der Waals surface area contributed by atoms with Crippen molar-refractivity contribution in [1.82, 2.24) is 4.98 Å². The van der Waals surface area contributed by atoms with Gasteiger partial charge < -0.3 is 9.69 Å². The summed E-state index contributed by atoms with van der Waals surface area (Å²) in [4.78, 5) is 18.8. The largest absolute Gasteiger partial charge is 0.356 e. The number of hydrogen-bond acceptors (Lipinski definition) is 3. The molecule has 31 heavy (non-hydrogen) atoms. The first kappa shape index (κ1) is 21.3. The molecule has 0 amide bonds. The van der Waals surface area contributed by atoms with E-state index in [1.807, 2.05) is 0 Å². The van der Waals surface area contributed by atoms with Crippen molar-refractivity contribution in [2.24, 2.45) is 0 Å². The van der Waals surface area contributed by atoms with Gasteiger partial charge in [-0.05, 0) is 49.8 Å². The molecule has 1 aliphatic rings. The number of carbonyl (C=O) groups is 1. The molecule has 0 spiro atoms. The van der Waals surface area contributed by atoms with Gasteiger partial charge in [0.05, 0.1) is 5.69 Å². The van der Waals surface area contributed by atoms with Crippen LogP contribution in [0, 0.1) is 0 Å². The topological polar surface area (TPSA) is 33.2 Å². The van der Waals surface area contributed by atoms with Crippen LogP contribution in [0.25, 0.3) is 22.4 Å². The van der Waals surface area contributed by atoms with Crippen molar-refractivity contribution < 1.29 is 4.79 Å². The van der Waals surface area contributed by atoms with Crippen molar-refractivity contribution in [1.29, 1.82) is 0 Å². The lowest BCUT2D eigenvalue weighted by Crippen LogP contribution is -2.37.